The van der Waals surface area contributed by atoms with Crippen molar-refractivity contribution >= 4 is 12.1 Å². The Balaban J connectivity index is 2.05. The fourth-order valence-electron chi connectivity index (χ4n) is 3.32. The zero-order chi connectivity index (χ0) is 18.4. The summed E-state index contributed by atoms with van der Waals surface area (Å²) in [4.78, 5) is 10.6. The molecule has 0 atom stereocenters. The van der Waals surface area contributed by atoms with E-state index in [-0.39, 0.29) is 11.0 Å². The maximum atomic E-state index is 12.6. The molecule has 0 unspecified atom stereocenters. The van der Waals surface area contributed by atoms with Crippen LogP contribution in [-0.4, -0.2) is 6.04 Å². The second-order valence-corrected chi connectivity index (χ2v) is 7.43. The van der Waals surface area contributed by atoms with Gasteiger partial charge in [0, 0.05) is 0 Å². The van der Waals surface area contributed by atoms with Crippen molar-refractivity contribution in [3.8, 4) is 0 Å². The van der Waals surface area contributed by atoms with Crippen LogP contribution in [0.25, 0.3) is 6.08 Å². The summed E-state index contributed by atoms with van der Waals surface area (Å²) in [5, 5.41) is 0. The van der Waals surface area contributed by atoms with Gasteiger partial charge in [0.25, 0.3) is 0 Å². The molecule has 0 amide bonds. The average Bonchev–Trinajstić information content (AvgIpc) is 2.54. The first-order valence-electron chi connectivity index (χ1n) is 8.83. The third kappa shape index (κ3) is 5.38. The van der Waals surface area contributed by atoms with Crippen LogP contribution in [0.5, 0.6) is 0 Å². The number of carbonyl (C=O) groups is 1. The predicted octanol–water partition coefficient (Wildman–Crippen LogP) is 6.84. The van der Waals surface area contributed by atoms with Crippen molar-refractivity contribution in [1.29, 1.82) is 0 Å². The third-order valence-corrected chi connectivity index (χ3v) is 4.84. The maximum Gasteiger partial charge on any atom is 0.332 e. The van der Waals surface area contributed by atoms with E-state index in [1.54, 1.807) is 12.1 Å². The Hall–Kier alpha value is -2.22. The number of hydrogen-bond acceptors (Lipinski definition) is 1. The van der Waals surface area contributed by atoms with E-state index in [0.717, 1.165) is 5.56 Å². The molecule has 1 aliphatic rings. The molecule has 0 aliphatic heterocycles. The normalized spacial score (nSPS) is 18.4. The highest BCUT2D eigenvalue weighted by molar-refractivity contribution is 5.88. The highest BCUT2D eigenvalue weighted by Gasteiger charge is 2.26. The summed E-state index contributed by atoms with van der Waals surface area (Å²) >= 11 is 0. The number of benzene rings is 1. The van der Waals surface area contributed by atoms with Crippen LogP contribution in [0.1, 0.15) is 62.9 Å². The van der Waals surface area contributed by atoms with Gasteiger partial charge >= 0.3 is 6.04 Å². The van der Waals surface area contributed by atoms with Crippen molar-refractivity contribution in [3.05, 3.63) is 76.4 Å². The van der Waals surface area contributed by atoms with Gasteiger partial charge < -0.3 is 0 Å². The summed E-state index contributed by atoms with van der Waals surface area (Å²) in [6.45, 7) is 8.96. The van der Waals surface area contributed by atoms with Gasteiger partial charge in [0.05, 0.1) is 5.56 Å². The molecule has 0 saturated heterocycles. The number of allylic oxidation sites excluding steroid dienone is 7. The van der Waals surface area contributed by atoms with Gasteiger partial charge in [-0.2, -0.15) is 4.39 Å². The Kier molecular flexibility index (Phi) is 6.30. The minimum absolute atomic E-state index is 0.0885. The zero-order valence-corrected chi connectivity index (χ0v) is 15.6. The van der Waals surface area contributed by atoms with Gasteiger partial charge in [-0.1, -0.05) is 67.5 Å². The van der Waals surface area contributed by atoms with Crippen LogP contribution < -0.4 is 0 Å². The third-order valence-electron chi connectivity index (χ3n) is 4.84. The molecular formula is C23H27FO. The van der Waals surface area contributed by atoms with E-state index >= 15 is 0 Å². The van der Waals surface area contributed by atoms with Crippen molar-refractivity contribution in [2.75, 3.05) is 0 Å². The van der Waals surface area contributed by atoms with Crippen molar-refractivity contribution < 1.29 is 9.18 Å². The summed E-state index contributed by atoms with van der Waals surface area (Å²) < 4.78 is 12.6. The van der Waals surface area contributed by atoms with E-state index in [1.165, 1.54) is 48.1 Å². The lowest BCUT2D eigenvalue weighted by Crippen LogP contribution is -2.19. The minimum atomic E-state index is -1.40. The topological polar surface area (TPSA) is 17.1 Å². The fourth-order valence-corrected chi connectivity index (χ4v) is 3.32. The first kappa shape index (κ1) is 19.1. The van der Waals surface area contributed by atoms with Crippen LogP contribution >= 0.6 is 0 Å². The van der Waals surface area contributed by atoms with Crippen LogP contribution in [0.4, 0.5) is 4.39 Å². The van der Waals surface area contributed by atoms with Crippen LogP contribution in [0.2, 0.25) is 0 Å². The van der Waals surface area contributed by atoms with Gasteiger partial charge in [-0.3, -0.25) is 4.79 Å². The Morgan fingerprint density at radius 1 is 1.16 bits per heavy atom. The van der Waals surface area contributed by atoms with Crippen LogP contribution in [0.15, 0.2) is 65.3 Å². The Bertz CT molecular complexity index is 743. The van der Waals surface area contributed by atoms with E-state index in [0.29, 0.717) is 0 Å². The highest BCUT2D eigenvalue weighted by Crippen LogP contribution is 2.40. The summed E-state index contributed by atoms with van der Waals surface area (Å²) in [6, 6.07) is 5.08. The van der Waals surface area contributed by atoms with Gasteiger partial charge in [0.2, 0.25) is 0 Å². The second kappa shape index (κ2) is 8.24. The van der Waals surface area contributed by atoms with E-state index < -0.39 is 6.04 Å². The monoisotopic (exact) mass is 338 g/mol. The number of carbonyl (C=O) groups excluding carboxylic acids is 1. The number of halogens is 1. The molecule has 132 valence electrons. The van der Waals surface area contributed by atoms with Crippen LogP contribution in [-0.2, 0) is 0 Å². The lowest BCUT2D eigenvalue weighted by atomic mass is 9.72. The molecular weight excluding hydrogens is 311 g/mol. The molecule has 1 aliphatic carbocycles. The van der Waals surface area contributed by atoms with E-state index in [4.69, 9.17) is 0 Å². The highest BCUT2D eigenvalue weighted by atomic mass is 19.1. The Morgan fingerprint density at radius 3 is 2.44 bits per heavy atom. The van der Waals surface area contributed by atoms with Gasteiger partial charge in [0.15, 0.2) is 0 Å². The molecule has 2 heteroatoms. The van der Waals surface area contributed by atoms with Crippen LogP contribution in [0.3, 0.4) is 0 Å². The standard InChI is InChI=1S/C23H27FO/c1-17(10-15-21-18(2)8-6-16-23(21,3)4)7-5-9-19-11-13-20(14-12-19)22(24)25/h5,7,9-15H,6,8,16H2,1-4H3/b9-5+,15-10+,17-7+. The van der Waals surface area contributed by atoms with Crippen molar-refractivity contribution in [2.24, 2.45) is 5.41 Å². The van der Waals surface area contributed by atoms with Gasteiger partial charge in [0.1, 0.15) is 0 Å². The lowest BCUT2D eigenvalue weighted by molar-refractivity contribution is 0.0836. The quantitative estimate of drug-likeness (QED) is 0.424. The SMILES string of the molecule is CC1=C(/C=C/C(C)=C/C=C/c2ccc(C(=O)F)cc2)C(C)(C)CCC1. The molecule has 1 aromatic rings. The van der Waals surface area contributed by atoms with Gasteiger partial charge in [-0.25, -0.2) is 0 Å². The fraction of sp³-hybridized carbons (Fsp3) is 0.348. The molecule has 0 bridgehead atoms. The van der Waals surface area contributed by atoms with Crippen LogP contribution in [0, 0.1) is 5.41 Å². The number of rotatable bonds is 5. The largest absolute Gasteiger partial charge is 0.332 e. The Labute approximate surface area is 150 Å². The smallest absolute Gasteiger partial charge is 0.255 e. The minimum Gasteiger partial charge on any atom is -0.255 e. The second-order valence-electron chi connectivity index (χ2n) is 7.43. The molecule has 0 heterocycles. The van der Waals surface area contributed by atoms with E-state index in [1.807, 2.05) is 12.2 Å². The molecule has 0 radical (unpaired) electrons. The summed E-state index contributed by atoms with van der Waals surface area (Å²) in [7, 11) is 0. The molecule has 2 rings (SSSR count). The number of hydrogen-bond donors (Lipinski definition) is 0. The molecule has 0 aromatic heterocycles. The molecule has 0 fully saturated rings. The summed E-state index contributed by atoms with van der Waals surface area (Å²) in [5.41, 5.74) is 5.41. The Morgan fingerprint density at radius 2 is 1.84 bits per heavy atom. The van der Waals surface area contributed by atoms with E-state index in [2.05, 4.69) is 45.9 Å². The average molecular weight is 338 g/mol. The van der Waals surface area contributed by atoms with Crippen molar-refractivity contribution in [1.82, 2.24) is 0 Å². The lowest BCUT2D eigenvalue weighted by Gasteiger charge is -2.32. The van der Waals surface area contributed by atoms with E-state index in [9.17, 15) is 9.18 Å². The molecule has 0 N–H and O–H groups in total. The van der Waals surface area contributed by atoms with Crippen molar-refractivity contribution in [3.63, 3.8) is 0 Å². The van der Waals surface area contributed by atoms with Crippen molar-refractivity contribution in [2.45, 2.75) is 47.0 Å². The van der Waals surface area contributed by atoms with Gasteiger partial charge in [-0.15, -0.1) is 0 Å². The predicted molar refractivity (Wildman–Crippen MR) is 104 cm³/mol. The molecule has 0 saturated carbocycles. The van der Waals surface area contributed by atoms with Gasteiger partial charge in [-0.05, 0) is 61.8 Å². The first-order valence-corrected chi connectivity index (χ1v) is 8.83. The molecule has 1 aromatic carbocycles. The zero-order valence-electron chi connectivity index (χ0n) is 15.6. The molecule has 1 nitrogen and oxygen atoms in total. The maximum absolute atomic E-state index is 12.6. The summed E-state index contributed by atoms with van der Waals surface area (Å²) in [5.74, 6) is 0. The molecule has 0 spiro atoms. The first-order chi connectivity index (χ1) is 11.8. The molecule has 25 heavy (non-hydrogen) atoms. The summed E-state index contributed by atoms with van der Waals surface area (Å²) in [6.07, 6.45) is 14.1.